The number of rotatable bonds is 3. The number of halogens is 1. The third-order valence-electron chi connectivity index (χ3n) is 2.26. The number of carbonyl (C=O) groups excluding carboxylic acids is 1. The zero-order valence-electron chi connectivity index (χ0n) is 10.4. The SMILES string of the molecule is O=C(Nc1ncc(C#CCCO)s1)c1cccc(Cl)c1. The second kappa shape index (κ2) is 7.06. The van der Waals surface area contributed by atoms with E-state index in [9.17, 15) is 4.79 Å². The maximum absolute atomic E-state index is 12.0. The van der Waals surface area contributed by atoms with Crippen LogP contribution in [0.4, 0.5) is 5.13 Å². The third kappa shape index (κ3) is 4.07. The first-order chi connectivity index (χ1) is 9.69. The lowest BCUT2D eigenvalue weighted by Gasteiger charge is -2.01. The molecule has 0 saturated heterocycles. The molecule has 0 bridgehead atoms. The molecule has 2 N–H and O–H groups in total. The smallest absolute Gasteiger partial charge is 0.257 e. The van der Waals surface area contributed by atoms with Gasteiger partial charge in [0, 0.05) is 17.0 Å². The first-order valence-electron chi connectivity index (χ1n) is 5.81. The van der Waals surface area contributed by atoms with Gasteiger partial charge in [0.05, 0.1) is 17.7 Å². The summed E-state index contributed by atoms with van der Waals surface area (Å²) in [7, 11) is 0. The van der Waals surface area contributed by atoms with E-state index in [1.54, 1.807) is 30.5 Å². The summed E-state index contributed by atoms with van der Waals surface area (Å²) >= 11 is 7.11. The fraction of sp³-hybridized carbons (Fsp3) is 0.143. The van der Waals surface area contributed by atoms with Gasteiger partial charge in [-0.1, -0.05) is 40.8 Å². The summed E-state index contributed by atoms with van der Waals surface area (Å²) in [5.41, 5.74) is 0.473. The molecule has 0 radical (unpaired) electrons. The van der Waals surface area contributed by atoms with Crippen molar-refractivity contribution in [3.05, 3.63) is 45.9 Å². The van der Waals surface area contributed by atoms with Gasteiger partial charge in [0.15, 0.2) is 5.13 Å². The van der Waals surface area contributed by atoms with E-state index in [0.29, 0.717) is 22.1 Å². The van der Waals surface area contributed by atoms with Gasteiger partial charge in [-0.2, -0.15) is 0 Å². The average Bonchev–Trinajstić information content (AvgIpc) is 2.86. The van der Waals surface area contributed by atoms with Gasteiger partial charge in [0.25, 0.3) is 5.91 Å². The first-order valence-corrected chi connectivity index (χ1v) is 7.01. The molecular formula is C14H11ClN2O2S. The number of hydrogen-bond donors (Lipinski definition) is 2. The van der Waals surface area contributed by atoms with E-state index in [0.717, 1.165) is 4.88 Å². The van der Waals surface area contributed by atoms with E-state index in [1.807, 2.05) is 0 Å². The number of nitrogens with one attached hydrogen (secondary N) is 1. The normalized spacial score (nSPS) is 9.70. The van der Waals surface area contributed by atoms with Gasteiger partial charge in [-0.15, -0.1) is 0 Å². The summed E-state index contributed by atoms with van der Waals surface area (Å²) in [5, 5.41) is 12.3. The number of aliphatic hydroxyl groups excluding tert-OH is 1. The summed E-state index contributed by atoms with van der Waals surface area (Å²) in [6.45, 7) is 0.0319. The average molecular weight is 307 g/mol. The number of aliphatic hydroxyl groups is 1. The van der Waals surface area contributed by atoms with E-state index in [4.69, 9.17) is 16.7 Å². The van der Waals surface area contributed by atoms with Crippen molar-refractivity contribution in [1.29, 1.82) is 0 Å². The lowest BCUT2D eigenvalue weighted by molar-refractivity contribution is 0.102. The maximum Gasteiger partial charge on any atom is 0.257 e. The van der Waals surface area contributed by atoms with Crippen LogP contribution in [0, 0.1) is 11.8 Å². The second-order valence-corrected chi connectivity index (χ2v) is 5.24. The molecule has 0 atom stereocenters. The Morgan fingerprint density at radius 1 is 1.50 bits per heavy atom. The van der Waals surface area contributed by atoms with E-state index < -0.39 is 0 Å². The molecule has 1 aromatic carbocycles. The minimum atomic E-state index is -0.267. The van der Waals surface area contributed by atoms with Gasteiger partial charge in [-0.3, -0.25) is 10.1 Å². The minimum Gasteiger partial charge on any atom is -0.395 e. The van der Waals surface area contributed by atoms with Crippen molar-refractivity contribution >= 4 is 34.0 Å². The van der Waals surface area contributed by atoms with E-state index in [2.05, 4.69) is 22.1 Å². The van der Waals surface area contributed by atoms with Crippen molar-refractivity contribution in [2.75, 3.05) is 11.9 Å². The molecule has 1 amide bonds. The van der Waals surface area contributed by atoms with Crippen LogP contribution < -0.4 is 5.32 Å². The first kappa shape index (κ1) is 14.5. The van der Waals surface area contributed by atoms with Gasteiger partial charge < -0.3 is 5.11 Å². The maximum atomic E-state index is 12.0. The number of amides is 1. The highest BCUT2D eigenvalue weighted by Gasteiger charge is 2.08. The Bertz CT molecular complexity index is 673. The van der Waals surface area contributed by atoms with Crippen molar-refractivity contribution in [1.82, 2.24) is 4.98 Å². The zero-order valence-corrected chi connectivity index (χ0v) is 12.0. The van der Waals surface area contributed by atoms with Crippen molar-refractivity contribution in [2.45, 2.75) is 6.42 Å². The number of benzene rings is 1. The predicted molar refractivity (Wildman–Crippen MR) is 80.1 cm³/mol. The number of thiazole rings is 1. The fourth-order valence-corrected chi connectivity index (χ4v) is 2.27. The molecule has 2 rings (SSSR count). The Morgan fingerprint density at radius 3 is 3.10 bits per heavy atom. The van der Waals surface area contributed by atoms with Crippen molar-refractivity contribution in [2.24, 2.45) is 0 Å². The lowest BCUT2D eigenvalue weighted by Crippen LogP contribution is -2.11. The highest BCUT2D eigenvalue weighted by Crippen LogP contribution is 2.18. The molecule has 4 nitrogen and oxygen atoms in total. The number of hydrogen-bond acceptors (Lipinski definition) is 4. The van der Waals surface area contributed by atoms with Gasteiger partial charge in [0.1, 0.15) is 0 Å². The summed E-state index contributed by atoms with van der Waals surface area (Å²) in [6.07, 6.45) is 2.00. The van der Waals surface area contributed by atoms with E-state index in [-0.39, 0.29) is 12.5 Å². The van der Waals surface area contributed by atoms with Gasteiger partial charge in [-0.05, 0) is 18.2 Å². The molecule has 20 heavy (non-hydrogen) atoms. The second-order valence-electron chi connectivity index (χ2n) is 3.77. The Labute approximate surface area is 125 Å². The van der Waals surface area contributed by atoms with Crippen molar-refractivity contribution < 1.29 is 9.90 Å². The van der Waals surface area contributed by atoms with E-state index >= 15 is 0 Å². The molecule has 0 aliphatic rings. The van der Waals surface area contributed by atoms with Gasteiger partial charge >= 0.3 is 0 Å². The van der Waals surface area contributed by atoms with Gasteiger partial charge in [-0.25, -0.2) is 4.98 Å². The molecule has 102 valence electrons. The number of aromatic nitrogens is 1. The van der Waals surface area contributed by atoms with Crippen molar-refractivity contribution in [3.63, 3.8) is 0 Å². The van der Waals surface area contributed by atoms with Gasteiger partial charge in [0.2, 0.25) is 0 Å². The molecular weight excluding hydrogens is 296 g/mol. The summed E-state index contributed by atoms with van der Waals surface area (Å²) in [6, 6.07) is 6.69. The van der Waals surface area contributed by atoms with Crippen LogP contribution in [0.5, 0.6) is 0 Å². The van der Waals surface area contributed by atoms with Crippen LogP contribution in [-0.4, -0.2) is 22.6 Å². The predicted octanol–water partition coefficient (Wildman–Crippen LogP) is 2.78. The Morgan fingerprint density at radius 2 is 2.35 bits per heavy atom. The van der Waals surface area contributed by atoms with Crippen LogP contribution >= 0.6 is 22.9 Å². The summed E-state index contributed by atoms with van der Waals surface area (Å²) < 4.78 is 0. The van der Waals surface area contributed by atoms with Crippen LogP contribution in [0.25, 0.3) is 0 Å². The van der Waals surface area contributed by atoms with Crippen molar-refractivity contribution in [3.8, 4) is 11.8 Å². The molecule has 0 unspecified atom stereocenters. The minimum absolute atomic E-state index is 0.0319. The molecule has 1 heterocycles. The van der Waals surface area contributed by atoms with E-state index in [1.165, 1.54) is 11.3 Å². The van der Waals surface area contributed by atoms with Crippen LogP contribution in [0.1, 0.15) is 21.7 Å². The topological polar surface area (TPSA) is 62.2 Å². The Kier molecular flexibility index (Phi) is 5.13. The fourth-order valence-electron chi connectivity index (χ4n) is 1.39. The molecule has 1 aromatic heterocycles. The number of anilines is 1. The molecule has 0 spiro atoms. The zero-order chi connectivity index (χ0) is 14.4. The Hall–Kier alpha value is -1.87. The highest BCUT2D eigenvalue weighted by molar-refractivity contribution is 7.16. The molecule has 0 aliphatic carbocycles. The quantitative estimate of drug-likeness (QED) is 0.857. The molecule has 6 heteroatoms. The lowest BCUT2D eigenvalue weighted by atomic mass is 10.2. The van der Waals surface area contributed by atoms with Crippen LogP contribution in [0.2, 0.25) is 5.02 Å². The summed E-state index contributed by atoms with van der Waals surface area (Å²) in [4.78, 5) is 16.8. The molecule has 0 fully saturated rings. The van der Waals surface area contributed by atoms with Crippen LogP contribution in [0.3, 0.4) is 0 Å². The third-order valence-corrected chi connectivity index (χ3v) is 3.32. The highest BCUT2D eigenvalue weighted by atomic mass is 35.5. The molecule has 2 aromatic rings. The standard InChI is InChI=1S/C14H11ClN2O2S/c15-11-5-3-4-10(8-11)13(19)17-14-16-9-12(20-14)6-1-2-7-18/h3-5,8-9,18H,2,7H2,(H,16,17,19). The van der Waals surface area contributed by atoms with Crippen LogP contribution in [0.15, 0.2) is 30.5 Å². The number of nitrogens with zero attached hydrogens (tertiary/aromatic N) is 1. The molecule has 0 aliphatic heterocycles. The summed E-state index contributed by atoms with van der Waals surface area (Å²) in [5.74, 6) is 5.39. The monoisotopic (exact) mass is 306 g/mol. The largest absolute Gasteiger partial charge is 0.395 e. The Balaban J connectivity index is 2.04. The van der Waals surface area contributed by atoms with Crippen LogP contribution in [-0.2, 0) is 0 Å². The molecule has 0 saturated carbocycles. The number of carbonyl (C=O) groups is 1.